The summed E-state index contributed by atoms with van der Waals surface area (Å²) in [5, 5.41) is 10.7. The van der Waals surface area contributed by atoms with Gasteiger partial charge in [0.05, 0.1) is 13.2 Å². The Morgan fingerprint density at radius 3 is 2.16 bits per heavy atom. The number of aryl methyl sites for hydroxylation is 2. The minimum Gasteiger partial charge on any atom is -0.496 e. The van der Waals surface area contributed by atoms with Crippen molar-refractivity contribution in [3.63, 3.8) is 0 Å². The first kappa shape index (κ1) is 16.0. The molecule has 0 saturated carbocycles. The van der Waals surface area contributed by atoms with Gasteiger partial charge >= 0.3 is 0 Å². The quantitative estimate of drug-likeness (QED) is 0.782. The first-order valence-corrected chi connectivity index (χ1v) is 7.38. The summed E-state index contributed by atoms with van der Waals surface area (Å²) in [6, 6.07) is 4.14. The molecule has 2 nitrogen and oxygen atoms in total. The number of methoxy groups -OCH3 is 1. The van der Waals surface area contributed by atoms with Gasteiger partial charge in [-0.2, -0.15) is 0 Å². The van der Waals surface area contributed by atoms with E-state index in [-0.39, 0.29) is 0 Å². The van der Waals surface area contributed by atoms with Gasteiger partial charge in [-0.05, 0) is 49.8 Å². The number of aliphatic hydroxyl groups is 1. The van der Waals surface area contributed by atoms with E-state index in [0.717, 1.165) is 42.6 Å². The molecule has 1 N–H and O–H groups in total. The molecule has 108 valence electrons. The minimum atomic E-state index is -0.421. The first-order valence-electron chi connectivity index (χ1n) is 7.38. The normalized spacial score (nSPS) is 12.8. The van der Waals surface area contributed by atoms with Crippen LogP contribution in [0.25, 0.3) is 0 Å². The van der Waals surface area contributed by atoms with Crippen molar-refractivity contribution in [3.05, 3.63) is 28.8 Å². The van der Waals surface area contributed by atoms with Crippen LogP contribution in [0, 0.1) is 19.8 Å². The fourth-order valence-corrected chi connectivity index (χ4v) is 2.93. The Morgan fingerprint density at radius 1 is 1.11 bits per heavy atom. The van der Waals surface area contributed by atoms with Gasteiger partial charge in [-0.15, -0.1) is 0 Å². The molecule has 19 heavy (non-hydrogen) atoms. The van der Waals surface area contributed by atoms with Gasteiger partial charge in [0.2, 0.25) is 0 Å². The Morgan fingerprint density at radius 2 is 1.68 bits per heavy atom. The van der Waals surface area contributed by atoms with Crippen molar-refractivity contribution in [3.8, 4) is 5.75 Å². The summed E-state index contributed by atoms with van der Waals surface area (Å²) in [5.41, 5.74) is 3.27. The van der Waals surface area contributed by atoms with Crippen molar-refractivity contribution in [1.82, 2.24) is 0 Å². The maximum Gasteiger partial charge on any atom is 0.125 e. The lowest BCUT2D eigenvalue weighted by Gasteiger charge is -2.26. The molecule has 0 heterocycles. The second kappa shape index (κ2) is 7.54. The van der Waals surface area contributed by atoms with Gasteiger partial charge in [0.15, 0.2) is 0 Å². The van der Waals surface area contributed by atoms with Crippen LogP contribution in [0.3, 0.4) is 0 Å². The average Bonchev–Trinajstić information content (AvgIpc) is 2.36. The van der Waals surface area contributed by atoms with Crippen LogP contribution < -0.4 is 4.74 Å². The van der Waals surface area contributed by atoms with Crippen LogP contribution in [-0.2, 0) is 0 Å². The van der Waals surface area contributed by atoms with Crippen LogP contribution in [0.1, 0.15) is 62.3 Å². The van der Waals surface area contributed by atoms with Gasteiger partial charge in [-0.3, -0.25) is 0 Å². The molecule has 0 radical (unpaired) electrons. The molecule has 1 aromatic rings. The Hall–Kier alpha value is -1.02. The number of hydrogen-bond acceptors (Lipinski definition) is 2. The van der Waals surface area contributed by atoms with E-state index in [1.165, 1.54) is 5.56 Å². The molecule has 0 amide bonds. The zero-order chi connectivity index (χ0) is 14.4. The summed E-state index contributed by atoms with van der Waals surface area (Å²) >= 11 is 0. The zero-order valence-corrected chi connectivity index (χ0v) is 13.0. The molecule has 0 aromatic heterocycles. The standard InChI is InChI=1S/C17H28O2/c1-6-8-14(9-7-2)17(18)16-13(4)10-12(3)11-15(16)19-5/h10-11,14,17-18H,6-9H2,1-5H3. The smallest absolute Gasteiger partial charge is 0.125 e. The SMILES string of the molecule is CCCC(CCC)C(O)c1c(C)cc(C)cc1OC. The summed E-state index contributed by atoms with van der Waals surface area (Å²) in [5.74, 6) is 1.15. The molecule has 0 spiro atoms. The van der Waals surface area contributed by atoms with E-state index in [9.17, 15) is 5.11 Å². The van der Waals surface area contributed by atoms with Gasteiger partial charge < -0.3 is 9.84 Å². The predicted octanol–water partition coefficient (Wildman–Crippen LogP) is 4.56. The summed E-state index contributed by atoms with van der Waals surface area (Å²) in [7, 11) is 1.68. The highest BCUT2D eigenvalue weighted by Crippen LogP contribution is 2.37. The molecule has 0 bridgehead atoms. The number of aliphatic hydroxyl groups excluding tert-OH is 1. The molecule has 0 aliphatic rings. The van der Waals surface area contributed by atoms with Crippen molar-refractivity contribution in [2.45, 2.75) is 59.5 Å². The van der Waals surface area contributed by atoms with Crippen molar-refractivity contribution < 1.29 is 9.84 Å². The Labute approximate surface area is 117 Å². The Balaban J connectivity index is 3.11. The third-order valence-electron chi connectivity index (χ3n) is 3.77. The number of hydrogen-bond donors (Lipinski definition) is 1. The highest BCUT2D eigenvalue weighted by atomic mass is 16.5. The van der Waals surface area contributed by atoms with E-state index in [1.807, 2.05) is 6.07 Å². The third-order valence-corrected chi connectivity index (χ3v) is 3.77. The molecule has 0 aliphatic heterocycles. The van der Waals surface area contributed by atoms with Crippen LogP contribution >= 0.6 is 0 Å². The monoisotopic (exact) mass is 264 g/mol. The molecule has 2 heteroatoms. The average molecular weight is 264 g/mol. The maximum atomic E-state index is 10.7. The number of benzene rings is 1. The fraction of sp³-hybridized carbons (Fsp3) is 0.647. The van der Waals surface area contributed by atoms with E-state index in [0.29, 0.717) is 5.92 Å². The second-order valence-corrected chi connectivity index (χ2v) is 5.48. The van der Waals surface area contributed by atoms with Crippen molar-refractivity contribution in [2.24, 2.45) is 5.92 Å². The molecular formula is C17H28O2. The fourth-order valence-electron chi connectivity index (χ4n) is 2.93. The van der Waals surface area contributed by atoms with Crippen molar-refractivity contribution in [1.29, 1.82) is 0 Å². The highest BCUT2D eigenvalue weighted by Gasteiger charge is 2.24. The molecule has 0 fully saturated rings. The summed E-state index contributed by atoms with van der Waals surface area (Å²) in [4.78, 5) is 0. The largest absolute Gasteiger partial charge is 0.496 e. The van der Waals surface area contributed by atoms with Crippen LogP contribution in [0.15, 0.2) is 12.1 Å². The lowest BCUT2D eigenvalue weighted by molar-refractivity contribution is 0.0932. The van der Waals surface area contributed by atoms with Crippen molar-refractivity contribution >= 4 is 0 Å². The van der Waals surface area contributed by atoms with Gasteiger partial charge in [-0.1, -0.05) is 32.8 Å². The zero-order valence-electron chi connectivity index (χ0n) is 13.0. The van der Waals surface area contributed by atoms with Gasteiger partial charge in [0.1, 0.15) is 5.75 Å². The molecule has 0 saturated heterocycles. The predicted molar refractivity (Wildman–Crippen MR) is 80.7 cm³/mol. The van der Waals surface area contributed by atoms with E-state index in [1.54, 1.807) is 7.11 Å². The van der Waals surface area contributed by atoms with Gasteiger partial charge in [0.25, 0.3) is 0 Å². The van der Waals surface area contributed by atoms with Crippen LogP contribution in [0.4, 0.5) is 0 Å². The maximum absolute atomic E-state index is 10.7. The molecule has 1 unspecified atom stereocenters. The molecule has 1 atom stereocenters. The van der Waals surface area contributed by atoms with Gasteiger partial charge in [0, 0.05) is 5.56 Å². The van der Waals surface area contributed by atoms with E-state index in [4.69, 9.17) is 4.74 Å². The van der Waals surface area contributed by atoms with E-state index in [2.05, 4.69) is 33.8 Å². The Kier molecular flexibility index (Phi) is 6.36. The van der Waals surface area contributed by atoms with Crippen molar-refractivity contribution in [2.75, 3.05) is 7.11 Å². The van der Waals surface area contributed by atoms with Crippen LogP contribution in [0.2, 0.25) is 0 Å². The van der Waals surface area contributed by atoms with Crippen LogP contribution in [-0.4, -0.2) is 12.2 Å². The summed E-state index contributed by atoms with van der Waals surface area (Å²) in [6.07, 6.45) is 3.91. The second-order valence-electron chi connectivity index (χ2n) is 5.48. The molecular weight excluding hydrogens is 236 g/mol. The first-order chi connectivity index (χ1) is 9.04. The van der Waals surface area contributed by atoms with Gasteiger partial charge in [-0.25, -0.2) is 0 Å². The van der Waals surface area contributed by atoms with Crippen LogP contribution in [0.5, 0.6) is 5.75 Å². The summed E-state index contributed by atoms with van der Waals surface area (Å²) < 4.78 is 5.47. The molecule has 1 aromatic carbocycles. The third kappa shape index (κ3) is 3.97. The molecule has 1 rings (SSSR count). The summed E-state index contributed by atoms with van der Waals surface area (Å²) in [6.45, 7) is 8.47. The lowest BCUT2D eigenvalue weighted by atomic mass is 9.85. The minimum absolute atomic E-state index is 0.324. The number of ether oxygens (including phenoxy) is 1. The Bertz CT molecular complexity index is 392. The molecule has 0 aliphatic carbocycles. The van der Waals surface area contributed by atoms with E-state index < -0.39 is 6.10 Å². The topological polar surface area (TPSA) is 29.5 Å². The number of rotatable bonds is 7. The lowest BCUT2D eigenvalue weighted by Crippen LogP contribution is -2.15. The highest BCUT2D eigenvalue weighted by molar-refractivity contribution is 5.44. The van der Waals surface area contributed by atoms with E-state index >= 15 is 0 Å².